The molecule has 30 heavy (non-hydrogen) atoms. The highest BCUT2D eigenvalue weighted by atomic mass is 16.1. The number of hydrogen-bond donors (Lipinski definition) is 3. The number of aliphatic imine (C=N–C) groups is 1. The highest BCUT2D eigenvalue weighted by Gasteiger charge is 2.04. The molecule has 0 aliphatic heterocycles. The smallest absolute Gasteiger partial charge is 0.251 e. The lowest BCUT2D eigenvalue weighted by Gasteiger charge is -2.12. The molecule has 3 rings (SSSR count). The number of amides is 1. The van der Waals surface area contributed by atoms with Crippen LogP contribution in [-0.2, 0) is 13.0 Å². The van der Waals surface area contributed by atoms with Crippen molar-refractivity contribution in [3.8, 4) is 0 Å². The van der Waals surface area contributed by atoms with Crippen molar-refractivity contribution in [1.82, 2.24) is 20.5 Å². The molecule has 0 saturated heterocycles. The van der Waals surface area contributed by atoms with Gasteiger partial charge in [0.2, 0.25) is 0 Å². The van der Waals surface area contributed by atoms with Crippen molar-refractivity contribution in [2.24, 2.45) is 4.99 Å². The standard InChI is InChI=1S/C24H31N5O/c1-3-26-24(28-15-12-19-8-6-10-21(18-19)23(30)25-2)27-14-7-16-29-17-13-20-9-4-5-11-22(20)29/h4-6,8-11,13,17-18H,3,7,12,14-16H2,1-2H3,(H,25,30)(H2,26,27,28). The molecule has 1 aromatic heterocycles. The van der Waals surface area contributed by atoms with Crippen LogP contribution in [0.25, 0.3) is 10.9 Å². The first-order valence-corrected chi connectivity index (χ1v) is 10.6. The summed E-state index contributed by atoms with van der Waals surface area (Å²) in [5.74, 6) is 0.771. The molecule has 0 radical (unpaired) electrons. The van der Waals surface area contributed by atoms with Gasteiger partial charge in [0.1, 0.15) is 0 Å². The molecular formula is C24H31N5O. The second-order valence-corrected chi connectivity index (χ2v) is 7.14. The molecule has 0 spiro atoms. The van der Waals surface area contributed by atoms with Gasteiger partial charge in [0.05, 0.1) is 0 Å². The summed E-state index contributed by atoms with van der Waals surface area (Å²) in [7, 11) is 1.65. The minimum Gasteiger partial charge on any atom is -0.357 e. The van der Waals surface area contributed by atoms with Crippen LogP contribution in [0, 0.1) is 0 Å². The van der Waals surface area contributed by atoms with E-state index in [4.69, 9.17) is 4.99 Å². The molecule has 3 aromatic rings. The molecule has 0 fully saturated rings. The number of hydrogen-bond acceptors (Lipinski definition) is 2. The highest BCUT2D eigenvalue weighted by Crippen LogP contribution is 2.15. The van der Waals surface area contributed by atoms with Crippen LogP contribution in [0.4, 0.5) is 0 Å². The first-order valence-electron chi connectivity index (χ1n) is 10.6. The lowest BCUT2D eigenvalue weighted by molar-refractivity contribution is 0.0963. The van der Waals surface area contributed by atoms with Crippen LogP contribution in [0.3, 0.4) is 0 Å². The molecule has 0 aliphatic rings. The third-order valence-electron chi connectivity index (χ3n) is 4.97. The predicted molar refractivity (Wildman–Crippen MR) is 124 cm³/mol. The lowest BCUT2D eigenvalue weighted by Crippen LogP contribution is -2.38. The van der Waals surface area contributed by atoms with E-state index in [1.807, 2.05) is 24.3 Å². The maximum absolute atomic E-state index is 11.8. The van der Waals surface area contributed by atoms with Gasteiger partial charge in [0.15, 0.2) is 5.96 Å². The van der Waals surface area contributed by atoms with Gasteiger partial charge < -0.3 is 20.5 Å². The number of nitrogens with one attached hydrogen (secondary N) is 3. The normalized spacial score (nSPS) is 11.5. The molecular weight excluding hydrogens is 374 g/mol. The van der Waals surface area contributed by atoms with E-state index in [9.17, 15) is 4.79 Å². The zero-order chi connectivity index (χ0) is 21.2. The van der Waals surface area contributed by atoms with Gasteiger partial charge >= 0.3 is 0 Å². The number of benzene rings is 2. The average molecular weight is 406 g/mol. The van der Waals surface area contributed by atoms with E-state index in [2.05, 4.69) is 64.0 Å². The Bertz CT molecular complexity index is 992. The van der Waals surface area contributed by atoms with E-state index >= 15 is 0 Å². The summed E-state index contributed by atoms with van der Waals surface area (Å²) >= 11 is 0. The SMILES string of the molecule is CCNC(=NCCCn1ccc2ccccc21)NCCc1cccc(C(=O)NC)c1. The molecule has 0 saturated carbocycles. The molecule has 0 aliphatic carbocycles. The topological polar surface area (TPSA) is 70.5 Å². The van der Waals surface area contributed by atoms with Gasteiger partial charge in [-0.2, -0.15) is 0 Å². The molecule has 158 valence electrons. The second kappa shape index (κ2) is 11.0. The first kappa shape index (κ1) is 21.4. The Morgan fingerprint density at radius 2 is 1.93 bits per heavy atom. The van der Waals surface area contributed by atoms with Crippen molar-refractivity contribution in [2.45, 2.75) is 26.3 Å². The van der Waals surface area contributed by atoms with E-state index < -0.39 is 0 Å². The van der Waals surface area contributed by atoms with Crippen molar-refractivity contribution in [3.63, 3.8) is 0 Å². The van der Waals surface area contributed by atoms with Crippen molar-refractivity contribution >= 4 is 22.8 Å². The van der Waals surface area contributed by atoms with Crippen LogP contribution in [0.5, 0.6) is 0 Å². The van der Waals surface area contributed by atoms with Crippen LogP contribution in [-0.4, -0.2) is 43.1 Å². The number of guanidine groups is 1. The van der Waals surface area contributed by atoms with E-state index in [1.165, 1.54) is 10.9 Å². The lowest BCUT2D eigenvalue weighted by atomic mass is 10.1. The summed E-state index contributed by atoms with van der Waals surface area (Å²) in [6, 6.07) is 18.3. The van der Waals surface area contributed by atoms with Crippen LogP contribution in [0.15, 0.2) is 65.8 Å². The van der Waals surface area contributed by atoms with Crippen molar-refractivity contribution in [3.05, 3.63) is 71.9 Å². The fourth-order valence-corrected chi connectivity index (χ4v) is 3.45. The molecule has 0 bridgehead atoms. The van der Waals surface area contributed by atoms with E-state index in [-0.39, 0.29) is 5.91 Å². The van der Waals surface area contributed by atoms with E-state index in [1.54, 1.807) is 7.05 Å². The summed E-state index contributed by atoms with van der Waals surface area (Å²) in [5.41, 5.74) is 3.08. The van der Waals surface area contributed by atoms with Gasteiger partial charge in [-0.25, -0.2) is 0 Å². The largest absolute Gasteiger partial charge is 0.357 e. The molecule has 6 nitrogen and oxygen atoms in total. The summed E-state index contributed by atoms with van der Waals surface area (Å²) in [6.45, 7) is 5.35. The Balaban J connectivity index is 1.48. The Labute approximate surface area is 178 Å². The summed E-state index contributed by atoms with van der Waals surface area (Å²) < 4.78 is 2.28. The third-order valence-corrected chi connectivity index (χ3v) is 4.97. The van der Waals surface area contributed by atoms with E-state index in [0.717, 1.165) is 50.5 Å². The monoisotopic (exact) mass is 405 g/mol. The number of carbonyl (C=O) groups excluding carboxylic acids is 1. The van der Waals surface area contributed by atoms with Crippen LogP contribution < -0.4 is 16.0 Å². The van der Waals surface area contributed by atoms with Gasteiger partial charge in [-0.15, -0.1) is 0 Å². The van der Waals surface area contributed by atoms with Crippen LogP contribution in [0.1, 0.15) is 29.3 Å². The van der Waals surface area contributed by atoms with Gasteiger partial charge in [0.25, 0.3) is 5.91 Å². The number of fused-ring (bicyclic) bond motifs is 1. The van der Waals surface area contributed by atoms with Crippen molar-refractivity contribution in [1.29, 1.82) is 0 Å². The number of para-hydroxylation sites is 1. The van der Waals surface area contributed by atoms with Crippen LogP contribution in [0.2, 0.25) is 0 Å². The van der Waals surface area contributed by atoms with Crippen LogP contribution >= 0.6 is 0 Å². The summed E-state index contributed by atoms with van der Waals surface area (Å²) in [4.78, 5) is 16.5. The quantitative estimate of drug-likeness (QED) is 0.291. The zero-order valence-corrected chi connectivity index (χ0v) is 17.8. The zero-order valence-electron chi connectivity index (χ0n) is 17.8. The van der Waals surface area contributed by atoms with Gasteiger partial charge in [-0.3, -0.25) is 9.79 Å². The molecule has 1 heterocycles. The Kier molecular flexibility index (Phi) is 7.89. The Hall–Kier alpha value is -3.28. The molecule has 0 unspecified atom stereocenters. The minimum absolute atomic E-state index is 0.0600. The van der Waals surface area contributed by atoms with E-state index in [0.29, 0.717) is 5.56 Å². The minimum atomic E-state index is -0.0600. The van der Waals surface area contributed by atoms with Crippen molar-refractivity contribution in [2.75, 3.05) is 26.7 Å². The molecule has 0 atom stereocenters. The van der Waals surface area contributed by atoms with Crippen molar-refractivity contribution < 1.29 is 4.79 Å². The molecule has 1 amide bonds. The molecule has 6 heteroatoms. The number of carbonyl (C=O) groups is 1. The number of rotatable bonds is 9. The van der Waals surface area contributed by atoms with Gasteiger partial charge in [-0.05, 0) is 55.0 Å². The maximum atomic E-state index is 11.8. The molecule has 3 N–H and O–H groups in total. The fourth-order valence-electron chi connectivity index (χ4n) is 3.45. The second-order valence-electron chi connectivity index (χ2n) is 7.14. The number of nitrogens with zero attached hydrogens (tertiary/aromatic N) is 2. The average Bonchev–Trinajstić information content (AvgIpc) is 3.19. The maximum Gasteiger partial charge on any atom is 0.251 e. The molecule has 2 aromatic carbocycles. The Morgan fingerprint density at radius 1 is 1.07 bits per heavy atom. The summed E-state index contributed by atoms with van der Waals surface area (Å²) in [6.07, 6.45) is 3.94. The fraction of sp³-hybridized carbons (Fsp3) is 0.333. The third kappa shape index (κ3) is 5.86. The predicted octanol–water partition coefficient (Wildman–Crippen LogP) is 3.19. The number of aryl methyl sites for hydroxylation is 1. The highest BCUT2D eigenvalue weighted by molar-refractivity contribution is 5.94. The summed E-state index contributed by atoms with van der Waals surface area (Å²) in [5, 5.41) is 10.6. The number of aromatic nitrogens is 1. The van der Waals surface area contributed by atoms with Gasteiger partial charge in [0, 0.05) is 50.5 Å². The van der Waals surface area contributed by atoms with Gasteiger partial charge in [-0.1, -0.05) is 30.3 Å². The Morgan fingerprint density at radius 3 is 2.77 bits per heavy atom. The first-order chi connectivity index (χ1) is 14.7.